The van der Waals surface area contributed by atoms with E-state index in [-0.39, 0.29) is 24.5 Å². The molecule has 0 unspecified atom stereocenters. The van der Waals surface area contributed by atoms with Crippen LogP contribution in [0.15, 0.2) is 54.9 Å². The van der Waals surface area contributed by atoms with Crippen LogP contribution < -0.4 is 30.2 Å². The first-order valence-electron chi connectivity index (χ1n) is 18.0. The zero-order valence-electron chi connectivity index (χ0n) is 30.8. The highest BCUT2D eigenvalue weighted by Gasteiger charge is 2.41. The Morgan fingerprint density at radius 2 is 1.67 bits per heavy atom. The number of hydrogen-bond acceptors (Lipinski definition) is 13. The van der Waals surface area contributed by atoms with E-state index in [9.17, 15) is 9.59 Å². The number of nitrogens with one attached hydrogen (secondary N) is 3. The average Bonchev–Trinajstić information content (AvgIpc) is 3.52. The quantitative estimate of drug-likeness (QED) is 0.189. The van der Waals surface area contributed by atoms with Crippen LogP contribution >= 0.6 is 0 Å². The Morgan fingerprint density at radius 1 is 0.942 bits per heavy atom. The van der Waals surface area contributed by atoms with Gasteiger partial charge in [-0.25, -0.2) is 0 Å². The highest BCUT2D eigenvalue weighted by molar-refractivity contribution is 5.98. The first kappa shape index (κ1) is 38.0. The van der Waals surface area contributed by atoms with Crippen LogP contribution in [0.25, 0.3) is 0 Å². The number of anilines is 3. The maximum atomic E-state index is 14.0. The van der Waals surface area contributed by atoms with E-state index in [1.807, 2.05) is 56.9 Å². The Kier molecular flexibility index (Phi) is 13.0. The third-order valence-electron chi connectivity index (χ3n) is 8.31. The number of rotatable bonds is 8. The number of hydrogen-bond donors (Lipinski definition) is 3. The van der Waals surface area contributed by atoms with E-state index >= 15 is 0 Å². The molecule has 1 saturated heterocycles. The summed E-state index contributed by atoms with van der Waals surface area (Å²) in [5, 5.41) is 9.54. The van der Waals surface area contributed by atoms with E-state index in [1.165, 1.54) is 0 Å². The van der Waals surface area contributed by atoms with Crippen LogP contribution in [0.2, 0.25) is 0 Å². The number of carbonyl (C=O) groups excluding carboxylic acids is 2. The number of nitrogens with zero attached hydrogens (tertiary/aromatic N) is 4. The van der Waals surface area contributed by atoms with Crippen molar-refractivity contribution < 1.29 is 33.3 Å². The van der Waals surface area contributed by atoms with Gasteiger partial charge in [-0.1, -0.05) is 12.1 Å². The molecule has 0 aliphatic carbocycles. The molecule has 280 valence electrons. The minimum atomic E-state index is -0.618. The molecule has 0 saturated carbocycles. The lowest BCUT2D eigenvalue weighted by atomic mass is 10.0. The summed E-state index contributed by atoms with van der Waals surface area (Å²) in [6.45, 7) is 16.2. The van der Waals surface area contributed by atoms with Gasteiger partial charge in [0.15, 0.2) is 5.88 Å². The summed E-state index contributed by atoms with van der Waals surface area (Å²) in [4.78, 5) is 42.3. The van der Waals surface area contributed by atoms with Gasteiger partial charge in [0.05, 0.1) is 44.0 Å². The van der Waals surface area contributed by atoms with Crippen molar-refractivity contribution in [1.29, 1.82) is 0 Å². The number of fused-ring (bicyclic) bond motifs is 10. The monoisotopic (exact) mass is 717 g/mol. The van der Waals surface area contributed by atoms with Gasteiger partial charge in [0.1, 0.15) is 17.1 Å². The maximum Gasteiger partial charge on any atom is 0.323 e. The van der Waals surface area contributed by atoms with Gasteiger partial charge in [-0.3, -0.25) is 9.59 Å². The third kappa shape index (κ3) is 10.9. The molecule has 3 aromatic rings. The Morgan fingerprint density at radius 3 is 2.38 bits per heavy atom. The fourth-order valence-electron chi connectivity index (χ4n) is 5.84. The minimum Gasteiger partial charge on any atom is -0.494 e. The number of amides is 1. The predicted molar refractivity (Wildman–Crippen MR) is 197 cm³/mol. The zero-order chi connectivity index (χ0) is 37.1. The third-order valence-corrected chi connectivity index (χ3v) is 8.31. The van der Waals surface area contributed by atoms with Crippen LogP contribution in [0.3, 0.4) is 0 Å². The van der Waals surface area contributed by atoms with E-state index in [2.05, 4.69) is 37.5 Å². The lowest BCUT2D eigenvalue weighted by molar-refractivity contribution is -0.148. The van der Waals surface area contributed by atoms with Gasteiger partial charge in [-0.2, -0.15) is 15.0 Å². The van der Waals surface area contributed by atoms with Crippen LogP contribution in [0.1, 0.15) is 76.2 Å². The SMILES string of the molecule is C=C(OC(C)(C)C)N1C[C@H](C(=O)OCC)[C@H](NC(=O)c2ccc3cc2OCCCCCCOc2ccc(cc2)CNc2nc(nc(OCC)n2)N3)C1. The van der Waals surface area contributed by atoms with Crippen molar-refractivity contribution in [2.24, 2.45) is 5.92 Å². The number of esters is 1. The summed E-state index contributed by atoms with van der Waals surface area (Å²) >= 11 is 0. The molecule has 0 radical (unpaired) electrons. The normalized spacial score (nSPS) is 18.0. The lowest BCUT2D eigenvalue weighted by Gasteiger charge is -2.28. The topological polar surface area (TPSA) is 158 Å². The van der Waals surface area contributed by atoms with Gasteiger partial charge in [-0.15, -0.1) is 0 Å². The molecule has 3 N–H and O–H groups in total. The molecule has 3 aliphatic rings. The van der Waals surface area contributed by atoms with Crippen LogP contribution in [0.5, 0.6) is 17.5 Å². The number of ether oxygens (including phenoxy) is 5. The highest BCUT2D eigenvalue weighted by atomic mass is 16.5. The predicted octanol–water partition coefficient (Wildman–Crippen LogP) is 5.84. The van der Waals surface area contributed by atoms with Crippen molar-refractivity contribution >= 4 is 29.5 Å². The van der Waals surface area contributed by atoms with Crippen molar-refractivity contribution in [2.45, 2.75) is 78.5 Å². The second-order valence-electron chi connectivity index (χ2n) is 13.6. The summed E-state index contributed by atoms with van der Waals surface area (Å²) in [6.07, 6.45) is 3.60. The van der Waals surface area contributed by atoms with Crippen molar-refractivity contribution in [3.8, 4) is 17.5 Å². The van der Waals surface area contributed by atoms with Crippen LogP contribution in [-0.4, -0.2) is 82.9 Å². The van der Waals surface area contributed by atoms with Crippen LogP contribution in [0.4, 0.5) is 17.6 Å². The largest absolute Gasteiger partial charge is 0.494 e. The smallest absolute Gasteiger partial charge is 0.323 e. The van der Waals surface area contributed by atoms with Crippen molar-refractivity contribution in [1.82, 2.24) is 25.2 Å². The highest BCUT2D eigenvalue weighted by Crippen LogP contribution is 2.29. The van der Waals surface area contributed by atoms with Crippen molar-refractivity contribution in [3.63, 3.8) is 0 Å². The lowest BCUT2D eigenvalue weighted by Crippen LogP contribution is -2.43. The summed E-state index contributed by atoms with van der Waals surface area (Å²) in [5.74, 6) is 0.806. The van der Waals surface area contributed by atoms with Gasteiger partial charge >= 0.3 is 12.0 Å². The zero-order valence-corrected chi connectivity index (χ0v) is 30.8. The summed E-state index contributed by atoms with van der Waals surface area (Å²) in [6, 6.07) is 12.7. The second kappa shape index (κ2) is 17.8. The molecular formula is C38H51N7O7. The van der Waals surface area contributed by atoms with E-state index < -0.39 is 23.5 Å². The fourth-order valence-corrected chi connectivity index (χ4v) is 5.84. The molecule has 2 atom stereocenters. The van der Waals surface area contributed by atoms with E-state index in [0.717, 1.165) is 37.0 Å². The summed E-state index contributed by atoms with van der Waals surface area (Å²) < 4.78 is 29.2. The molecule has 2 aromatic carbocycles. The Balaban J connectivity index is 1.39. The molecule has 52 heavy (non-hydrogen) atoms. The van der Waals surface area contributed by atoms with Gasteiger partial charge in [-0.05, 0) is 96.7 Å². The minimum absolute atomic E-state index is 0.162. The van der Waals surface area contributed by atoms with Gasteiger partial charge in [0, 0.05) is 31.4 Å². The maximum absolute atomic E-state index is 14.0. The molecule has 14 heteroatoms. The second-order valence-corrected chi connectivity index (χ2v) is 13.6. The number of benzene rings is 2. The Labute approximate surface area is 305 Å². The van der Waals surface area contributed by atoms with Crippen molar-refractivity contribution in [3.05, 3.63) is 66.1 Å². The summed E-state index contributed by atoms with van der Waals surface area (Å²) in [5.41, 5.74) is 1.47. The first-order chi connectivity index (χ1) is 25.0. The van der Waals surface area contributed by atoms with E-state index in [1.54, 1.807) is 25.1 Å². The molecule has 1 aromatic heterocycles. The Bertz CT molecular complexity index is 1680. The number of aromatic nitrogens is 3. The molecule has 1 amide bonds. The molecule has 14 nitrogen and oxygen atoms in total. The van der Waals surface area contributed by atoms with Gasteiger partial charge < -0.3 is 44.5 Å². The molecule has 4 heterocycles. The molecule has 3 aliphatic heterocycles. The van der Waals surface area contributed by atoms with Crippen molar-refractivity contribution in [2.75, 3.05) is 50.2 Å². The van der Waals surface area contributed by atoms with Gasteiger partial charge in [0.25, 0.3) is 5.91 Å². The molecule has 6 rings (SSSR count). The molecule has 0 spiro atoms. The van der Waals surface area contributed by atoms with E-state index in [0.29, 0.717) is 68.3 Å². The molecule has 6 bridgehead atoms. The summed E-state index contributed by atoms with van der Waals surface area (Å²) in [7, 11) is 0. The average molecular weight is 718 g/mol. The van der Waals surface area contributed by atoms with Crippen LogP contribution in [0, 0.1) is 5.92 Å². The number of carbonyl (C=O) groups is 2. The van der Waals surface area contributed by atoms with Crippen LogP contribution in [-0.2, 0) is 20.8 Å². The molecular weight excluding hydrogens is 666 g/mol. The standard InChI is InChI=1S/C38H51N7O7/c1-7-48-34(47)30-23-45(25(3)52-38(4,5)6)24-31(30)41-33(46)29-18-15-27-21-32(29)51-20-12-10-9-11-19-50-28-16-13-26(14-17-28)22-39-35-42-36(40-27)44-37(43-35)49-8-2/h13-18,21,30-31H,3,7-12,19-20,22-24H2,1-2,4-6H3,(H,41,46)(H2,39,40,42,43,44)/t30-,31+/m0/s1. The van der Waals surface area contributed by atoms with E-state index in [4.69, 9.17) is 23.7 Å². The van der Waals surface area contributed by atoms with Gasteiger partial charge in [0.2, 0.25) is 11.9 Å². The number of likely N-dealkylation sites (tertiary alicyclic amines) is 1. The first-order valence-corrected chi connectivity index (χ1v) is 18.0. The Hall–Kier alpha value is -5.27. The fraction of sp³-hybridized carbons (Fsp3) is 0.500. The molecule has 1 fully saturated rings.